The van der Waals surface area contributed by atoms with E-state index in [1.165, 1.54) is 57.9 Å². The Morgan fingerprint density at radius 1 is 0.947 bits per heavy atom. The monoisotopic (exact) mass is 286 g/mol. The molecule has 0 aliphatic carbocycles. The summed E-state index contributed by atoms with van der Waals surface area (Å²) in [6.45, 7) is 8.99. The summed E-state index contributed by atoms with van der Waals surface area (Å²) in [5.74, 6) is 0. The standard InChI is InChI=1S/C16H34N2S/c1-4-5-6-7-8-9-10-11-13-18(15(2)3)14-12-16(17)19/h15H,4-14H2,1-3H3,(H2,17,19). The lowest BCUT2D eigenvalue weighted by Gasteiger charge is -2.26. The van der Waals surface area contributed by atoms with E-state index < -0.39 is 0 Å². The summed E-state index contributed by atoms with van der Waals surface area (Å²) in [6, 6.07) is 0.596. The number of unbranched alkanes of at least 4 members (excludes halogenated alkanes) is 7. The van der Waals surface area contributed by atoms with E-state index in [2.05, 4.69) is 25.7 Å². The maximum absolute atomic E-state index is 5.58. The molecule has 2 N–H and O–H groups in total. The van der Waals surface area contributed by atoms with Gasteiger partial charge in [0, 0.05) is 19.0 Å². The SMILES string of the molecule is CCCCCCCCCCN(CCC(N)=S)C(C)C. The van der Waals surface area contributed by atoms with Gasteiger partial charge in [-0.2, -0.15) is 0 Å². The molecule has 0 rings (SSSR count). The molecule has 0 saturated carbocycles. The average molecular weight is 287 g/mol. The molecular weight excluding hydrogens is 252 g/mol. The van der Waals surface area contributed by atoms with Gasteiger partial charge in [-0.3, -0.25) is 0 Å². The average Bonchev–Trinajstić information content (AvgIpc) is 2.35. The van der Waals surface area contributed by atoms with Crippen molar-refractivity contribution < 1.29 is 0 Å². The van der Waals surface area contributed by atoms with Gasteiger partial charge in [0.1, 0.15) is 0 Å². The van der Waals surface area contributed by atoms with Crippen LogP contribution in [-0.4, -0.2) is 29.0 Å². The van der Waals surface area contributed by atoms with E-state index in [1.54, 1.807) is 0 Å². The van der Waals surface area contributed by atoms with Crippen LogP contribution in [0.4, 0.5) is 0 Å². The van der Waals surface area contributed by atoms with E-state index in [1.807, 2.05) is 0 Å². The number of thiocarbonyl (C=S) groups is 1. The van der Waals surface area contributed by atoms with E-state index in [4.69, 9.17) is 18.0 Å². The summed E-state index contributed by atoms with van der Waals surface area (Å²) in [5.41, 5.74) is 5.58. The second-order valence-corrected chi connectivity index (χ2v) is 6.35. The normalized spacial score (nSPS) is 11.4. The molecule has 0 amide bonds. The molecule has 0 saturated heterocycles. The number of nitrogens with two attached hydrogens (primary N) is 1. The summed E-state index contributed by atoms with van der Waals surface area (Å²) >= 11 is 4.96. The minimum Gasteiger partial charge on any atom is -0.393 e. The summed E-state index contributed by atoms with van der Waals surface area (Å²) in [6.07, 6.45) is 11.9. The number of rotatable bonds is 13. The van der Waals surface area contributed by atoms with Crippen LogP contribution in [0.2, 0.25) is 0 Å². The van der Waals surface area contributed by atoms with Crippen molar-refractivity contribution >= 4 is 17.2 Å². The number of hydrogen-bond donors (Lipinski definition) is 1. The molecule has 0 aliphatic rings. The van der Waals surface area contributed by atoms with Crippen LogP contribution in [0.25, 0.3) is 0 Å². The van der Waals surface area contributed by atoms with Crippen LogP contribution >= 0.6 is 12.2 Å². The predicted molar refractivity (Wildman–Crippen MR) is 90.7 cm³/mol. The lowest BCUT2D eigenvalue weighted by Crippen LogP contribution is -2.34. The van der Waals surface area contributed by atoms with Gasteiger partial charge in [0.15, 0.2) is 0 Å². The Morgan fingerprint density at radius 3 is 1.95 bits per heavy atom. The summed E-state index contributed by atoms with van der Waals surface area (Å²) in [7, 11) is 0. The Balaban J connectivity index is 3.51. The highest BCUT2D eigenvalue weighted by atomic mass is 32.1. The van der Waals surface area contributed by atoms with Gasteiger partial charge < -0.3 is 10.6 Å². The van der Waals surface area contributed by atoms with E-state index in [0.29, 0.717) is 11.0 Å². The second kappa shape index (κ2) is 12.9. The molecule has 114 valence electrons. The van der Waals surface area contributed by atoms with Crippen molar-refractivity contribution in [3.8, 4) is 0 Å². The molecule has 19 heavy (non-hydrogen) atoms. The first-order valence-corrected chi connectivity index (χ1v) is 8.51. The van der Waals surface area contributed by atoms with Gasteiger partial charge in [-0.15, -0.1) is 0 Å². The summed E-state index contributed by atoms with van der Waals surface area (Å²) in [5, 5.41) is 0. The van der Waals surface area contributed by atoms with Crippen molar-refractivity contribution in [3.05, 3.63) is 0 Å². The smallest absolute Gasteiger partial charge is 0.0740 e. The first-order chi connectivity index (χ1) is 9.07. The van der Waals surface area contributed by atoms with Crippen molar-refractivity contribution in [2.24, 2.45) is 5.73 Å². The molecule has 0 aliphatic heterocycles. The first kappa shape index (κ1) is 18.9. The highest BCUT2D eigenvalue weighted by Crippen LogP contribution is 2.10. The molecule has 2 nitrogen and oxygen atoms in total. The molecule has 0 unspecified atom stereocenters. The molecule has 0 radical (unpaired) electrons. The van der Waals surface area contributed by atoms with Gasteiger partial charge in [0.05, 0.1) is 4.99 Å². The van der Waals surface area contributed by atoms with Gasteiger partial charge in [-0.1, -0.05) is 64.1 Å². The molecule has 0 atom stereocenters. The number of hydrogen-bond acceptors (Lipinski definition) is 2. The third-order valence-corrected chi connectivity index (χ3v) is 3.88. The van der Waals surface area contributed by atoms with E-state index in [0.717, 1.165) is 13.0 Å². The molecule has 0 heterocycles. The number of nitrogens with zero attached hydrogens (tertiary/aromatic N) is 1. The Labute approximate surface area is 126 Å². The zero-order valence-electron chi connectivity index (χ0n) is 13.3. The topological polar surface area (TPSA) is 29.3 Å². The van der Waals surface area contributed by atoms with Crippen molar-refractivity contribution in [1.29, 1.82) is 0 Å². The minimum atomic E-state index is 0.596. The van der Waals surface area contributed by atoms with Crippen LogP contribution in [0.1, 0.15) is 78.6 Å². The zero-order chi connectivity index (χ0) is 14.5. The highest BCUT2D eigenvalue weighted by molar-refractivity contribution is 7.80. The van der Waals surface area contributed by atoms with Crippen molar-refractivity contribution in [3.63, 3.8) is 0 Å². The predicted octanol–water partition coefficient (Wildman–Crippen LogP) is 4.51. The van der Waals surface area contributed by atoms with Crippen molar-refractivity contribution in [2.45, 2.75) is 84.6 Å². The molecule has 0 bridgehead atoms. The van der Waals surface area contributed by atoms with Crippen LogP contribution in [0.3, 0.4) is 0 Å². The molecule has 0 aromatic rings. The van der Waals surface area contributed by atoms with Crippen molar-refractivity contribution in [2.75, 3.05) is 13.1 Å². The molecular formula is C16H34N2S. The lowest BCUT2D eigenvalue weighted by molar-refractivity contribution is 0.223. The van der Waals surface area contributed by atoms with Crippen LogP contribution in [0.5, 0.6) is 0 Å². The fourth-order valence-corrected chi connectivity index (χ4v) is 2.42. The second-order valence-electron chi connectivity index (χ2n) is 5.82. The molecule has 0 spiro atoms. The van der Waals surface area contributed by atoms with Gasteiger partial charge in [0.25, 0.3) is 0 Å². The van der Waals surface area contributed by atoms with Crippen molar-refractivity contribution in [1.82, 2.24) is 4.90 Å². The Hall–Kier alpha value is -0.150. The molecule has 3 heteroatoms. The molecule has 0 fully saturated rings. The quantitative estimate of drug-likeness (QED) is 0.399. The third kappa shape index (κ3) is 12.6. The van der Waals surface area contributed by atoms with Crippen LogP contribution in [0, 0.1) is 0 Å². The highest BCUT2D eigenvalue weighted by Gasteiger charge is 2.08. The van der Waals surface area contributed by atoms with E-state index >= 15 is 0 Å². The van der Waals surface area contributed by atoms with Crippen LogP contribution < -0.4 is 5.73 Å². The third-order valence-electron chi connectivity index (χ3n) is 3.67. The largest absolute Gasteiger partial charge is 0.393 e. The Bertz CT molecular complexity index is 217. The van der Waals surface area contributed by atoms with Gasteiger partial charge in [-0.25, -0.2) is 0 Å². The van der Waals surface area contributed by atoms with Crippen LogP contribution in [0.15, 0.2) is 0 Å². The summed E-state index contributed by atoms with van der Waals surface area (Å²) in [4.78, 5) is 3.14. The molecule has 0 aromatic heterocycles. The van der Waals surface area contributed by atoms with E-state index in [9.17, 15) is 0 Å². The van der Waals surface area contributed by atoms with Crippen LogP contribution in [-0.2, 0) is 0 Å². The fourth-order valence-electron chi connectivity index (χ4n) is 2.33. The Morgan fingerprint density at radius 2 is 1.47 bits per heavy atom. The molecule has 0 aromatic carbocycles. The van der Waals surface area contributed by atoms with Gasteiger partial charge in [-0.05, 0) is 26.8 Å². The lowest BCUT2D eigenvalue weighted by atomic mass is 10.1. The maximum atomic E-state index is 5.58. The maximum Gasteiger partial charge on any atom is 0.0740 e. The Kier molecular flexibility index (Phi) is 12.8. The minimum absolute atomic E-state index is 0.596. The first-order valence-electron chi connectivity index (χ1n) is 8.10. The van der Waals surface area contributed by atoms with Gasteiger partial charge in [0.2, 0.25) is 0 Å². The van der Waals surface area contributed by atoms with E-state index in [-0.39, 0.29) is 0 Å². The fraction of sp³-hybridized carbons (Fsp3) is 0.938. The zero-order valence-corrected chi connectivity index (χ0v) is 14.1. The van der Waals surface area contributed by atoms with Gasteiger partial charge >= 0.3 is 0 Å². The summed E-state index contributed by atoms with van der Waals surface area (Å²) < 4.78 is 0.